The number of aliphatic hydroxyl groups excluding tert-OH is 1. The lowest BCUT2D eigenvalue weighted by atomic mass is 10.0. The zero-order valence-corrected chi connectivity index (χ0v) is 39.4. The number of nitrogens with one attached hydrogen (secondary N) is 1. The quantitative estimate of drug-likeness (QED) is 0.0245. The Morgan fingerprint density at radius 1 is 0.593 bits per heavy atom. The molecule has 0 heterocycles. The molecule has 1 amide bonds. The Kier molecular flexibility index (Phi) is 39.4. The van der Waals surface area contributed by atoms with Crippen molar-refractivity contribution >= 4 is 13.7 Å². The number of phosphoric acid groups is 1. The fourth-order valence-electron chi connectivity index (χ4n) is 6.20. The van der Waals surface area contributed by atoms with Crippen LogP contribution in [-0.2, 0) is 18.4 Å². The number of nitrogens with zero attached hydrogens (tertiary/aromatic N) is 1. The van der Waals surface area contributed by atoms with E-state index in [1.54, 1.807) is 0 Å². The van der Waals surface area contributed by atoms with Gasteiger partial charge in [-0.1, -0.05) is 182 Å². The van der Waals surface area contributed by atoms with Gasteiger partial charge in [-0.25, -0.2) is 4.57 Å². The standard InChI is InChI=1S/C50H89N2O6P/c1-6-8-10-12-14-16-18-20-21-22-23-24-25-26-27-28-29-30-31-32-34-36-38-40-42-44-50(54)51-48(47-58-59(55,56)57-46-45-52(3,4)5)49(53)43-41-39-37-35-33-19-17-15-13-11-9-7-2/h8,10,14,16,20-21,23-24,26-27,29-30,32,34,48-49,53H,6-7,9,11-13,15,17-19,22,25,28,31,33,35-47H2,1-5H3,(H-,51,54,55,56)/p+1/b10-8-,16-14-,21-20-,24-23-,27-26-,30-29-,34-32-. The number of unbranched alkanes of at least 4 members (excludes halogenated alkanes) is 14. The number of phosphoric ester groups is 1. The van der Waals surface area contributed by atoms with Gasteiger partial charge in [0.2, 0.25) is 5.91 Å². The molecule has 3 unspecified atom stereocenters. The molecule has 0 rings (SSSR count). The third kappa shape index (κ3) is 43.6. The molecule has 0 aliphatic rings. The normalized spacial score (nSPS) is 15.0. The van der Waals surface area contributed by atoms with Crippen LogP contribution < -0.4 is 5.32 Å². The van der Waals surface area contributed by atoms with E-state index in [1.807, 2.05) is 21.1 Å². The fraction of sp³-hybridized carbons (Fsp3) is 0.700. The van der Waals surface area contributed by atoms with Crippen molar-refractivity contribution in [3.05, 3.63) is 85.1 Å². The summed E-state index contributed by atoms with van der Waals surface area (Å²) < 4.78 is 23.6. The van der Waals surface area contributed by atoms with Crippen molar-refractivity contribution in [2.24, 2.45) is 0 Å². The van der Waals surface area contributed by atoms with Crippen LogP contribution in [0, 0.1) is 0 Å². The van der Waals surface area contributed by atoms with Gasteiger partial charge in [-0.2, -0.15) is 0 Å². The van der Waals surface area contributed by atoms with Crippen LogP contribution in [0.1, 0.15) is 174 Å². The number of hydrogen-bond acceptors (Lipinski definition) is 5. The Morgan fingerprint density at radius 2 is 1.02 bits per heavy atom. The summed E-state index contributed by atoms with van der Waals surface area (Å²) in [6.07, 6.45) is 56.1. The van der Waals surface area contributed by atoms with E-state index in [0.717, 1.165) is 89.9 Å². The van der Waals surface area contributed by atoms with Gasteiger partial charge in [0.05, 0.1) is 39.9 Å². The smallest absolute Gasteiger partial charge is 0.391 e. The van der Waals surface area contributed by atoms with Crippen molar-refractivity contribution in [2.45, 2.75) is 187 Å². The highest BCUT2D eigenvalue weighted by atomic mass is 31.2. The molecule has 0 aromatic carbocycles. The lowest BCUT2D eigenvalue weighted by Crippen LogP contribution is -2.46. The molecule has 0 aliphatic heterocycles. The van der Waals surface area contributed by atoms with Gasteiger partial charge < -0.3 is 19.8 Å². The van der Waals surface area contributed by atoms with E-state index in [-0.39, 0.29) is 19.1 Å². The van der Waals surface area contributed by atoms with E-state index in [1.165, 1.54) is 57.8 Å². The van der Waals surface area contributed by atoms with Gasteiger partial charge in [-0.15, -0.1) is 0 Å². The number of allylic oxidation sites excluding steroid dienone is 14. The first-order valence-electron chi connectivity index (χ1n) is 23.5. The number of amides is 1. The second-order valence-corrected chi connectivity index (χ2v) is 18.2. The Bertz CT molecular complexity index is 1230. The summed E-state index contributed by atoms with van der Waals surface area (Å²) in [5.74, 6) is -0.181. The Morgan fingerprint density at radius 3 is 1.47 bits per heavy atom. The fourth-order valence-corrected chi connectivity index (χ4v) is 6.94. The summed E-state index contributed by atoms with van der Waals surface area (Å²) >= 11 is 0. The van der Waals surface area contributed by atoms with E-state index in [0.29, 0.717) is 23.9 Å². The molecule has 59 heavy (non-hydrogen) atoms. The van der Waals surface area contributed by atoms with Gasteiger partial charge in [0.1, 0.15) is 13.2 Å². The molecule has 0 bridgehead atoms. The van der Waals surface area contributed by atoms with Crippen molar-refractivity contribution in [1.82, 2.24) is 5.32 Å². The molecular formula is C50H90N2O6P+. The van der Waals surface area contributed by atoms with Crippen LogP contribution in [0.5, 0.6) is 0 Å². The Hall–Kier alpha value is -2.32. The molecule has 0 aromatic rings. The van der Waals surface area contributed by atoms with Crippen molar-refractivity contribution in [1.29, 1.82) is 0 Å². The zero-order chi connectivity index (χ0) is 43.6. The van der Waals surface area contributed by atoms with E-state index in [4.69, 9.17) is 9.05 Å². The van der Waals surface area contributed by atoms with E-state index < -0.39 is 20.0 Å². The van der Waals surface area contributed by atoms with E-state index >= 15 is 0 Å². The van der Waals surface area contributed by atoms with Gasteiger partial charge in [-0.3, -0.25) is 13.8 Å². The molecule has 340 valence electrons. The second kappa shape index (κ2) is 41.1. The Labute approximate surface area is 363 Å². The molecule has 8 nitrogen and oxygen atoms in total. The van der Waals surface area contributed by atoms with Crippen LogP contribution in [0.3, 0.4) is 0 Å². The van der Waals surface area contributed by atoms with Crippen LogP contribution in [0.25, 0.3) is 0 Å². The zero-order valence-electron chi connectivity index (χ0n) is 38.5. The first kappa shape index (κ1) is 56.7. The monoisotopic (exact) mass is 846 g/mol. The molecule has 0 radical (unpaired) electrons. The highest BCUT2D eigenvalue weighted by Gasteiger charge is 2.28. The predicted octanol–water partition coefficient (Wildman–Crippen LogP) is 13.4. The molecule has 9 heteroatoms. The van der Waals surface area contributed by atoms with Gasteiger partial charge >= 0.3 is 7.82 Å². The summed E-state index contributed by atoms with van der Waals surface area (Å²) in [6, 6.07) is -0.783. The van der Waals surface area contributed by atoms with Crippen molar-refractivity contribution < 1.29 is 32.9 Å². The van der Waals surface area contributed by atoms with Gasteiger partial charge in [0, 0.05) is 6.42 Å². The maximum Gasteiger partial charge on any atom is 0.472 e. The summed E-state index contributed by atoms with van der Waals surface area (Å²) in [7, 11) is 1.58. The largest absolute Gasteiger partial charge is 0.472 e. The highest BCUT2D eigenvalue weighted by Crippen LogP contribution is 2.43. The average Bonchev–Trinajstić information content (AvgIpc) is 3.19. The highest BCUT2D eigenvalue weighted by molar-refractivity contribution is 7.47. The lowest BCUT2D eigenvalue weighted by molar-refractivity contribution is -0.870. The molecule has 3 atom stereocenters. The first-order chi connectivity index (χ1) is 28.5. The number of carbonyl (C=O) groups excluding carboxylic acids is 1. The number of rotatable bonds is 41. The van der Waals surface area contributed by atoms with E-state index in [2.05, 4.69) is 104 Å². The lowest BCUT2D eigenvalue weighted by Gasteiger charge is -2.26. The minimum atomic E-state index is -4.33. The first-order valence-corrected chi connectivity index (χ1v) is 24.9. The summed E-state index contributed by atoms with van der Waals surface area (Å²) in [5, 5.41) is 13.9. The number of likely N-dealkylation sites (N-methyl/N-ethyl adjacent to an activating group) is 1. The second-order valence-electron chi connectivity index (χ2n) is 16.8. The summed E-state index contributed by atoms with van der Waals surface area (Å²) in [6.45, 7) is 4.72. The molecule has 0 fully saturated rings. The van der Waals surface area contributed by atoms with Crippen molar-refractivity contribution in [2.75, 3.05) is 40.9 Å². The summed E-state index contributed by atoms with van der Waals surface area (Å²) in [4.78, 5) is 23.2. The van der Waals surface area contributed by atoms with Crippen LogP contribution in [0.15, 0.2) is 85.1 Å². The third-order valence-corrected chi connectivity index (χ3v) is 10.9. The van der Waals surface area contributed by atoms with Crippen molar-refractivity contribution in [3.63, 3.8) is 0 Å². The minimum absolute atomic E-state index is 0.0629. The third-order valence-electron chi connectivity index (χ3n) is 9.91. The molecule has 0 spiro atoms. The molecule has 0 saturated carbocycles. The molecular weight excluding hydrogens is 756 g/mol. The van der Waals surface area contributed by atoms with Crippen LogP contribution in [-0.4, -0.2) is 73.4 Å². The van der Waals surface area contributed by atoms with Gasteiger partial charge in [0.25, 0.3) is 0 Å². The number of carbonyl (C=O) groups is 1. The predicted molar refractivity (Wildman–Crippen MR) is 253 cm³/mol. The summed E-state index contributed by atoms with van der Waals surface area (Å²) in [5.41, 5.74) is 0. The van der Waals surface area contributed by atoms with Gasteiger partial charge in [-0.05, 0) is 70.6 Å². The molecule has 0 saturated heterocycles. The van der Waals surface area contributed by atoms with Crippen LogP contribution in [0.4, 0.5) is 0 Å². The molecule has 0 aliphatic carbocycles. The number of hydrogen-bond donors (Lipinski definition) is 3. The van der Waals surface area contributed by atoms with Crippen molar-refractivity contribution in [3.8, 4) is 0 Å². The van der Waals surface area contributed by atoms with Gasteiger partial charge in [0.15, 0.2) is 0 Å². The van der Waals surface area contributed by atoms with Crippen LogP contribution >= 0.6 is 7.82 Å². The average molecular weight is 846 g/mol. The SMILES string of the molecule is CC/C=C\C/C=C\C/C=C\C/C=C\C/C=C\C/C=C\C/C=C\CCCCCC(=O)NC(COP(=O)(O)OCC[N+](C)(C)C)C(O)CCCCCCCCCCCCCC. The van der Waals surface area contributed by atoms with E-state index in [9.17, 15) is 19.4 Å². The molecule has 3 N–H and O–H groups in total. The minimum Gasteiger partial charge on any atom is -0.391 e. The van der Waals surface area contributed by atoms with Crippen LogP contribution in [0.2, 0.25) is 0 Å². The number of quaternary nitrogens is 1. The number of aliphatic hydroxyl groups is 1. The maximum absolute atomic E-state index is 12.9. The molecule has 0 aromatic heterocycles. The topological polar surface area (TPSA) is 105 Å². The maximum atomic E-state index is 12.9. The Balaban J connectivity index is 4.38.